The Morgan fingerprint density at radius 1 is 1.16 bits per heavy atom. The molecule has 0 atom stereocenters. The molecular weight excluding hydrogens is 394 g/mol. The van der Waals surface area contributed by atoms with Crippen LogP contribution in [0.1, 0.15) is 53.1 Å². The van der Waals surface area contributed by atoms with Crippen LogP contribution in [0.4, 0.5) is 5.82 Å². The van der Waals surface area contributed by atoms with Crippen molar-refractivity contribution in [2.24, 2.45) is 5.73 Å². The van der Waals surface area contributed by atoms with Crippen LogP contribution in [-0.4, -0.2) is 44.5 Å². The fourth-order valence-corrected chi connectivity index (χ4v) is 3.63. The molecule has 0 radical (unpaired) electrons. The predicted molar refractivity (Wildman–Crippen MR) is 119 cm³/mol. The van der Waals surface area contributed by atoms with Gasteiger partial charge in [-0.2, -0.15) is 5.10 Å². The summed E-state index contributed by atoms with van der Waals surface area (Å²) in [7, 11) is 0. The Hall–Kier alpha value is -3.49. The third-order valence-corrected chi connectivity index (χ3v) is 5.46. The van der Waals surface area contributed by atoms with Crippen LogP contribution in [0.2, 0.25) is 0 Å². The summed E-state index contributed by atoms with van der Waals surface area (Å²) in [6.07, 6.45) is 4.07. The monoisotopic (exact) mass is 423 g/mol. The van der Waals surface area contributed by atoms with Gasteiger partial charge in [-0.15, -0.1) is 0 Å². The lowest BCUT2D eigenvalue weighted by Gasteiger charge is -2.19. The summed E-state index contributed by atoms with van der Waals surface area (Å²) in [6, 6.07) is 3.97. The van der Waals surface area contributed by atoms with Crippen molar-refractivity contribution in [3.63, 3.8) is 0 Å². The van der Waals surface area contributed by atoms with Crippen LogP contribution >= 0.6 is 0 Å². The van der Waals surface area contributed by atoms with Crippen molar-refractivity contribution in [2.75, 3.05) is 18.0 Å². The largest absolute Gasteiger partial charge is 0.365 e. The smallest absolute Gasteiger partial charge is 0.254 e. The first-order valence-electron chi connectivity index (χ1n) is 10.5. The number of anilines is 1. The van der Waals surface area contributed by atoms with Gasteiger partial charge in [0.05, 0.1) is 6.20 Å². The van der Waals surface area contributed by atoms with Crippen LogP contribution < -0.4 is 16.0 Å². The van der Waals surface area contributed by atoms with Gasteiger partial charge < -0.3 is 16.0 Å². The molecule has 2 amide bonds. The number of carbonyl (C=O) groups excluding carboxylic acids is 2. The van der Waals surface area contributed by atoms with Gasteiger partial charge in [-0.05, 0) is 51.3 Å². The SMILES string of the molecule is CCN(CC)c1ccc(CNC(=O)CCc2c(C)nc3c(C(N)=O)cnn3c2C)cn1. The minimum Gasteiger partial charge on any atom is -0.365 e. The number of fused-ring (bicyclic) bond motifs is 1. The van der Waals surface area contributed by atoms with E-state index in [-0.39, 0.29) is 11.5 Å². The average molecular weight is 424 g/mol. The van der Waals surface area contributed by atoms with Gasteiger partial charge in [-0.1, -0.05) is 6.07 Å². The third-order valence-electron chi connectivity index (χ3n) is 5.46. The van der Waals surface area contributed by atoms with Crippen LogP contribution in [-0.2, 0) is 17.8 Å². The standard InChI is InChI=1S/C22H29N7O2/c1-5-28(6-2)19-9-7-16(11-24-19)12-25-20(30)10-8-17-14(3)27-22-18(21(23)31)13-26-29(22)15(17)4/h7,9,11,13H,5-6,8,10,12H2,1-4H3,(H2,23,31)(H,25,30). The number of rotatable bonds is 9. The molecule has 0 bridgehead atoms. The molecule has 0 spiro atoms. The first-order chi connectivity index (χ1) is 14.8. The molecule has 3 aromatic rings. The minimum absolute atomic E-state index is 0.0509. The Balaban J connectivity index is 1.61. The van der Waals surface area contributed by atoms with E-state index >= 15 is 0 Å². The van der Waals surface area contributed by atoms with E-state index in [0.717, 1.165) is 41.4 Å². The average Bonchev–Trinajstić information content (AvgIpc) is 3.18. The van der Waals surface area contributed by atoms with Gasteiger partial charge in [0.15, 0.2) is 5.65 Å². The number of amides is 2. The van der Waals surface area contributed by atoms with E-state index in [4.69, 9.17) is 5.73 Å². The van der Waals surface area contributed by atoms with Crippen molar-refractivity contribution in [2.45, 2.75) is 47.1 Å². The summed E-state index contributed by atoms with van der Waals surface area (Å²) in [4.78, 5) is 35.1. The molecule has 9 nitrogen and oxygen atoms in total. The van der Waals surface area contributed by atoms with Crippen molar-refractivity contribution in [1.82, 2.24) is 24.9 Å². The van der Waals surface area contributed by atoms with Gasteiger partial charge in [0, 0.05) is 43.6 Å². The summed E-state index contributed by atoms with van der Waals surface area (Å²) in [5.74, 6) is 0.324. The quantitative estimate of drug-likeness (QED) is 0.543. The summed E-state index contributed by atoms with van der Waals surface area (Å²) < 4.78 is 1.60. The van der Waals surface area contributed by atoms with Crippen LogP contribution in [0.25, 0.3) is 5.65 Å². The Bertz CT molecular complexity index is 1090. The van der Waals surface area contributed by atoms with E-state index < -0.39 is 5.91 Å². The van der Waals surface area contributed by atoms with E-state index in [1.807, 2.05) is 26.0 Å². The molecule has 0 fully saturated rings. The number of primary amides is 1. The summed E-state index contributed by atoms with van der Waals surface area (Å²) >= 11 is 0. The van der Waals surface area contributed by atoms with Gasteiger partial charge in [-0.25, -0.2) is 14.5 Å². The van der Waals surface area contributed by atoms with Gasteiger partial charge in [0.25, 0.3) is 5.91 Å². The zero-order chi connectivity index (χ0) is 22.5. The first-order valence-corrected chi connectivity index (χ1v) is 10.5. The Labute approximate surface area is 181 Å². The normalized spacial score (nSPS) is 11.0. The maximum atomic E-state index is 12.4. The van der Waals surface area contributed by atoms with Crippen molar-refractivity contribution < 1.29 is 9.59 Å². The van der Waals surface area contributed by atoms with Gasteiger partial charge in [0.2, 0.25) is 5.91 Å². The predicted octanol–water partition coefficient (Wildman–Crippen LogP) is 1.94. The number of nitrogens with zero attached hydrogens (tertiary/aromatic N) is 5. The van der Waals surface area contributed by atoms with Crippen molar-refractivity contribution in [1.29, 1.82) is 0 Å². The van der Waals surface area contributed by atoms with E-state index in [1.165, 1.54) is 6.20 Å². The highest BCUT2D eigenvalue weighted by Gasteiger charge is 2.17. The molecule has 0 aliphatic heterocycles. The second kappa shape index (κ2) is 9.55. The van der Waals surface area contributed by atoms with Crippen LogP contribution in [0.5, 0.6) is 0 Å². The summed E-state index contributed by atoms with van der Waals surface area (Å²) in [5.41, 5.74) is 9.61. The molecule has 3 heterocycles. The molecule has 0 aromatic carbocycles. The zero-order valence-corrected chi connectivity index (χ0v) is 18.5. The Morgan fingerprint density at radius 3 is 2.52 bits per heavy atom. The molecule has 9 heteroatoms. The number of nitrogens with one attached hydrogen (secondary N) is 1. The minimum atomic E-state index is -0.562. The van der Waals surface area contributed by atoms with E-state index in [9.17, 15) is 9.59 Å². The molecule has 0 aliphatic rings. The molecular formula is C22H29N7O2. The van der Waals surface area contributed by atoms with E-state index in [0.29, 0.717) is 25.0 Å². The molecule has 3 aromatic heterocycles. The fourth-order valence-electron chi connectivity index (χ4n) is 3.63. The number of hydrogen-bond donors (Lipinski definition) is 2. The van der Waals surface area contributed by atoms with E-state index in [1.54, 1.807) is 10.7 Å². The van der Waals surface area contributed by atoms with Crippen LogP contribution in [0, 0.1) is 13.8 Å². The number of pyridine rings is 1. The maximum absolute atomic E-state index is 12.4. The highest BCUT2D eigenvalue weighted by atomic mass is 16.1. The first kappa shape index (κ1) is 22.2. The fraction of sp³-hybridized carbons (Fsp3) is 0.409. The molecule has 0 unspecified atom stereocenters. The second-order valence-electron chi connectivity index (χ2n) is 7.39. The summed E-state index contributed by atoms with van der Waals surface area (Å²) in [6.45, 7) is 10.2. The van der Waals surface area contributed by atoms with Gasteiger partial charge in [-0.3, -0.25) is 9.59 Å². The number of hydrogen-bond acceptors (Lipinski definition) is 6. The number of carbonyl (C=O) groups is 2. The molecule has 0 saturated carbocycles. The lowest BCUT2D eigenvalue weighted by molar-refractivity contribution is -0.121. The van der Waals surface area contributed by atoms with Crippen molar-refractivity contribution >= 4 is 23.3 Å². The Morgan fingerprint density at radius 2 is 1.90 bits per heavy atom. The van der Waals surface area contributed by atoms with Gasteiger partial charge >= 0.3 is 0 Å². The molecule has 0 aliphatic carbocycles. The lowest BCUT2D eigenvalue weighted by Crippen LogP contribution is -2.24. The molecule has 0 saturated heterocycles. The summed E-state index contributed by atoms with van der Waals surface area (Å²) in [5, 5.41) is 7.16. The number of aromatic nitrogens is 4. The molecule has 3 N–H and O–H groups in total. The van der Waals surface area contributed by atoms with Crippen molar-refractivity contribution in [3.8, 4) is 0 Å². The highest BCUT2D eigenvalue weighted by Crippen LogP contribution is 2.18. The topological polar surface area (TPSA) is 119 Å². The molecule has 164 valence electrons. The Kier molecular flexibility index (Phi) is 6.84. The maximum Gasteiger partial charge on any atom is 0.254 e. The lowest BCUT2D eigenvalue weighted by atomic mass is 10.1. The van der Waals surface area contributed by atoms with E-state index in [2.05, 4.69) is 39.1 Å². The zero-order valence-electron chi connectivity index (χ0n) is 18.5. The number of nitrogens with two attached hydrogens (primary N) is 1. The number of aryl methyl sites for hydroxylation is 2. The van der Waals surface area contributed by atoms with Crippen molar-refractivity contribution in [3.05, 3.63) is 52.6 Å². The molecule has 31 heavy (non-hydrogen) atoms. The van der Waals surface area contributed by atoms with Crippen LogP contribution in [0.3, 0.4) is 0 Å². The van der Waals surface area contributed by atoms with Gasteiger partial charge in [0.1, 0.15) is 11.4 Å². The third kappa shape index (κ3) is 4.82. The van der Waals surface area contributed by atoms with Crippen LogP contribution in [0.15, 0.2) is 24.5 Å². The second-order valence-corrected chi connectivity index (χ2v) is 7.39. The molecule has 3 rings (SSSR count). The highest BCUT2D eigenvalue weighted by molar-refractivity contribution is 5.98.